The maximum atomic E-state index is 6.13. The number of hydrogen-bond donors (Lipinski definition) is 1. The van der Waals surface area contributed by atoms with E-state index in [1.165, 1.54) is 6.42 Å². The summed E-state index contributed by atoms with van der Waals surface area (Å²) in [4.78, 5) is 0. The van der Waals surface area contributed by atoms with Crippen LogP contribution in [0.25, 0.3) is 11.0 Å². The van der Waals surface area contributed by atoms with Gasteiger partial charge in [0.1, 0.15) is 5.58 Å². The third-order valence-corrected chi connectivity index (χ3v) is 3.65. The molecule has 1 saturated heterocycles. The van der Waals surface area contributed by atoms with E-state index in [2.05, 4.69) is 5.32 Å². The van der Waals surface area contributed by atoms with Crippen LogP contribution < -0.4 is 5.32 Å². The van der Waals surface area contributed by atoms with E-state index < -0.39 is 0 Å². The minimum absolute atomic E-state index is 0.349. The van der Waals surface area contributed by atoms with Crippen LogP contribution in [-0.2, 0) is 11.3 Å². The lowest BCUT2D eigenvalue weighted by Crippen LogP contribution is -2.25. The first-order valence-electron chi connectivity index (χ1n) is 6.33. The molecule has 0 bridgehead atoms. The molecule has 96 valence electrons. The number of fused-ring (bicyclic) bond motifs is 1. The van der Waals surface area contributed by atoms with E-state index in [1.54, 1.807) is 0 Å². The minimum Gasteiger partial charge on any atom is -0.444 e. The van der Waals surface area contributed by atoms with Crippen molar-refractivity contribution in [3.8, 4) is 0 Å². The number of ether oxygens (including phenoxy) is 1. The van der Waals surface area contributed by atoms with E-state index in [9.17, 15) is 0 Å². The zero-order valence-corrected chi connectivity index (χ0v) is 10.9. The van der Waals surface area contributed by atoms with Gasteiger partial charge >= 0.3 is 0 Å². The summed E-state index contributed by atoms with van der Waals surface area (Å²) >= 11 is 6.13. The number of nitrogens with one attached hydrogen (secondary N) is 1. The molecule has 1 aliphatic rings. The molecule has 1 fully saturated rings. The highest BCUT2D eigenvalue weighted by Gasteiger charge is 2.16. The average molecular weight is 266 g/mol. The van der Waals surface area contributed by atoms with E-state index in [0.29, 0.717) is 11.3 Å². The molecular formula is C14H16ClNO2. The Balaban J connectivity index is 1.68. The molecule has 3 nitrogen and oxygen atoms in total. The molecule has 0 radical (unpaired) electrons. The lowest BCUT2D eigenvalue weighted by atomic mass is 10.1. The summed E-state index contributed by atoms with van der Waals surface area (Å²) in [6.45, 7) is 2.48. The topological polar surface area (TPSA) is 34.4 Å². The molecule has 0 spiro atoms. The minimum atomic E-state index is 0.349. The van der Waals surface area contributed by atoms with Crippen molar-refractivity contribution in [2.75, 3.05) is 13.2 Å². The molecule has 1 aromatic carbocycles. The van der Waals surface area contributed by atoms with Gasteiger partial charge in [0.2, 0.25) is 0 Å². The summed E-state index contributed by atoms with van der Waals surface area (Å²) in [5, 5.41) is 4.96. The first-order valence-corrected chi connectivity index (χ1v) is 6.70. The summed E-state index contributed by atoms with van der Waals surface area (Å²) in [7, 11) is 0. The lowest BCUT2D eigenvalue weighted by Gasteiger charge is -2.10. The van der Waals surface area contributed by atoms with Gasteiger partial charge < -0.3 is 14.5 Å². The first-order chi connectivity index (χ1) is 8.84. The van der Waals surface area contributed by atoms with E-state index in [-0.39, 0.29) is 0 Å². The maximum Gasteiger partial charge on any atom is 0.199 e. The standard InChI is InChI=1S/C14H16ClNO2/c15-14-12(9-16-8-10-4-3-7-17-10)11-5-1-2-6-13(11)18-14/h1-2,5-6,10,16H,3-4,7-9H2. The second-order valence-corrected chi connectivity index (χ2v) is 4.96. The Morgan fingerprint density at radius 3 is 3.06 bits per heavy atom. The summed E-state index contributed by atoms with van der Waals surface area (Å²) in [5.41, 5.74) is 1.88. The van der Waals surface area contributed by atoms with E-state index in [4.69, 9.17) is 20.8 Å². The summed E-state index contributed by atoms with van der Waals surface area (Å²) in [5.74, 6) is 0. The molecule has 1 N–H and O–H groups in total. The quantitative estimate of drug-likeness (QED) is 0.921. The average Bonchev–Trinajstić information content (AvgIpc) is 2.98. The van der Waals surface area contributed by atoms with Crippen molar-refractivity contribution < 1.29 is 9.15 Å². The fourth-order valence-corrected chi connectivity index (χ4v) is 2.65. The zero-order chi connectivity index (χ0) is 12.4. The molecule has 18 heavy (non-hydrogen) atoms. The summed E-state index contributed by atoms with van der Waals surface area (Å²) < 4.78 is 11.1. The Morgan fingerprint density at radius 2 is 2.22 bits per heavy atom. The maximum absolute atomic E-state index is 6.13. The van der Waals surface area contributed by atoms with Gasteiger partial charge in [0, 0.05) is 30.6 Å². The molecule has 0 amide bonds. The normalized spacial score (nSPS) is 19.7. The zero-order valence-electron chi connectivity index (χ0n) is 10.1. The molecule has 4 heteroatoms. The van der Waals surface area contributed by atoms with Crippen molar-refractivity contribution in [2.45, 2.75) is 25.5 Å². The molecule has 0 saturated carbocycles. The summed E-state index contributed by atoms with van der Waals surface area (Å²) in [6, 6.07) is 7.92. The first kappa shape index (κ1) is 12.0. The fraction of sp³-hybridized carbons (Fsp3) is 0.429. The van der Waals surface area contributed by atoms with Crippen LogP contribution in [-0.4, -0.2) is 19.3 Å². The third-order valence-electron chi connectivity index (χ3n) is 3.35. The van der Waals surface area contributed by atoms with Gasteiger partial charge in [-0.25, -0.2) is 0 Å². The van der Waals surface area contributed by atoms with Crippen LogP contribution in [0.1, 0.15) is 18.4 Å². The summed E-state index contributed by atoms with van der Waals surface area (Å²) in [6.07, 6.45) is 2.66. The lowest BCUT2D eigenvalue weighted by molar-refractivity contribution is 0.110. The van der Waals surface area contributed by atoms with Gasteiger partial charge in [0.15, 0.2) is 5.22 Å². The van der Waals surface area contributed by atoms with Crippen molar-refractivity contribution in [3.05, 3.63) is 35.0 Å². The number of halogens is 1. The van der Waals surface area contributed by atoms with Crippen molar-refractivity contribution >= 4 is 22.6 Å². The van der Waals surface area contributed by atoms with Crippen molar-refractivity contribution in [3.63, 3.8) is 0 Å². The Kier molecular flexibility index (Phi) is 3.55. The molecule has 1 atom stereocenters. The Bertz CT molecular complexity index is 532. The van der Waals surface area contributed by atoms with E-state index in [1.807, 2.05) is 24.3 Å². The number of benzene rings is 1. The fourth-order valence-electron chi connectivity index (χ4n) is 2.40. The Labute approximate surface area is 111 Å². The van der Waals surface area contributed by atoms with Crippen LogP contribution in [0, 0.1) is 0 Å². The van der Waals surface area contributed by atoms with Crippen LogP contribution in [0.2, 0.25) is 5.22 Å². The van der Waals surface area contributed by atoms with Gasteiger partial charge in [0.05, 0.1) is 6.10 Å². The second-order valence-electron chi connectivity index (χ2n) is 4.62. The van der Waals surface area contributed by atoms with Gasteiger partial charge in [-0.1, -0.05) is 18.2 Å². The number of rotatable bonds is 4. The molecule has 1 unspecified atom stereocenters. The van der Waals surface area contributed by atoms with Crippen molar-refractivity contribution in [2.24, 2.45) is 0 Å². The molecule has 3 rings (SSSR count). The third kappa shape index (κ3) is 2.39. The van der Waals surface area contributed by atoms with Crippen LogP contribution in [0.5, 0.6) is 0 Å². The molecule has 2 heterocycles. The SMILES string of the molecule is Clc1oc2ccccc2c1CNCC1CCCO1. The molecule has 1 aliphatic heterocycles. The Morgan fingerprint density at radius 1 is 1.33 bits per heavy atom. The van der Waals surface area contributed by atoms with Gasteiger partial charge in [0.25, 0.3) is 0 Å². The molecular weight excluding hydrogens is 250 g/mol. The molecule has 0 aliphatic carbocycles. The second kappa shape index (κ2) is 5.31. The number of para-hydroxylation sites is 1. The Hall–Kier alpha value is -1.03. The number of hydrogen-bond acceptors (Lipinski definition) is 3. The van der Waals surface area contributed by atoms with Gasteiger partial charge in [-0.15, -0.1) is 0 Å². The van der Waals surface area contributed by atoms with Gasteiger partial charge in [-0.3, -0.25) is 0 Å². The number of furan rings is 1. The van der Waals surface area contributed by atoms with Gasteiger partial charge in [-0.2, -0.15) is 0 Å². The predicted octanol–water partition coefficient (Wildman–Crippen LogP) is 3.35. The highest BCUT2D eigenvalue weighted by atomic mass is 35.5. The largest absolute Gasteiger partial charge is 0.444 e. The van der Waals surface area contributed by atoms with Crippen LogP contribution in [0.4, 0.5) is 0 Å². The van der Waals surface area contributed by atoms with E-state index >= 15 is 0 Å². The van der Waals surface area contributed by atoms with Crippen molar-refractivity contribution in [1.29, 1.82) is 0 Å². The smallest absolute Gasteiger partial charge is 0.199 e. The van der Waals surface area contributed by atoms with Crippen LogP contribution in [0.3, 0.4) is 0 Å². The predicted molar refractivity (Wildman–Crippen MR) is 71.9 cm³/mol. The highest BCUT2D eigenvalue weighted by molar-refractivity contribution is 6.30. The van der Waals surface area contributed by atoms with E-state index in [0.717, 1.165) is 42.6 Å². The molecule has 2 aromatic rings. The monoisotopic (exact) mass is 265 g/mol. The molecule has 1 aromatic heterocycles. The van der Waals surface area contributed by atoms with Crippen LogP contribution in [0.15, 0.2) is 28.7 Å². The van der Waals surface area contributed by atoms with Crippen LogP contribution >= 0.6 is 11.6 Å². The van der Waals surface area contributed by atoms with Gasteiger partial charge in [-0.05, 0) is 30.5 Å². The highest BCUT2D eigenvalue weighted by Crippen LogP contribution is 2.29. The van der Waals surface area contributed by atoms with Crippen molar-refractivity contribution in [1.82, 2.24) is 5.32 Å².